The van der Waals surface area contributed by atoms with Crippen LogP contribution in [0.4, 0.5) is 22.7 Å². The number of azo groups is 2. The Labute approximate surface area is 436 Å². The van der Waals surface area contributed by atoms with E-state index in [-0.39, 0.29) is 65.5 Å². The molecule has 5 aromatic rings. The molecule has 0 saturated heterocycles. The zero-order valence-corrected chi connectivity index (χ0v) is 42.9. The number of hydrogen-bond donors (Lipinski definition) is 2. The van der Waals surface area contributed by atoms with Crippen molar-refractivity contribution in [1.29, 1.82) is 0 Å². The van der Waals surface area contributed by atoms with Crippen LogP contribution in [0.2, 0.25) is 20.1 Å². The van der Waals surface area contributed by atoms with E-state index in [0.717, 1.165) is 65.2 Å². The first-order chi connectivity index (χ1) is 34.6. The number of rotatable bonds is 26. The molecule has 0 spiro atoms. The maximum absolute atomic E-state index is 13.4. The van der Waals surface area contributed by atoms with Crippen LogP contribution in [-0.2, 0) is 19.2 Å². The van der Waals surface area contributed by atoms with Crippen LogP contribution in [0.1, 0.15) is 99.8 Å². The molecule has 20 heteroatoms. The van der Waals surface area contributed by atoms with E-state index in [4.69, 9.17) is 65.4 Å². The molecule has 0 heterocycles. The van der Waals surface area contributed by atoms with Crippen molar-refractivity contribution in [3.8, 4) is 23.0 Å². The van der Waals surface area contributed by atoms with Gasteiger partial charge in [-0.2, -0.15) is 20.5 Å². The number of carbonyl (C=O) groups excluding carboxylic acids is 6. The predicted octanol–water partition coefficient (Wildman–Crippen LogP) is 14.0. The molecule has 5 rings (SSSR count). The SMILES string of the molecule is CCCCCCOc1ccc(OC(=O)c2ccc(Cl)c(/N=N/C(C(C)=O)C(=O)Nc3cc(Cl)c(NC(=O)C(/N=N/c4cc(C(=O)Oc5ccc(OCCCCCC)cc5)ccc4Cl)C(C)=O)cc3Cl)c2)cc1. The van der Waals surface area contributed by atoms with Gasteiger partial charge in [0.15, 0.2) is 11.6 Å². The normalized spacial score (nSPS) is 12.0. The van der Waals surface area contributed by atoms with Gasteiger partial charge >= 0.3 is 11.9 Å². The van der Waals surface area contributed by atoms with Crippen LogP contribution in [0.3, 0.4) is 0 Å². The Hall–Kier alpha value is -6.72. The van der Waals surface area contributed by atoms with Crippen LogP contribution < -0.4 is 29.6 Å². The van der Waals surface area contributed by atoms with Gasteiger partial charge in [-0.3, -0.25) is 19.2 Å². The van der Waals surface area contributed by atoms with Gasteiger partial charge in [0, 0.05) is 0 Å². The van der Waals surface area contributed by atoms with E-state index in [1.54, 1.807) is 48.5 Å². The molecule has 0 aliphatic carbocycles. The van der Waals surface area contributed by atoms with Crippen molar-refractivity contribution in [2.75, 3.05) is 23.8 Å². The highest BCUT2D eigenvalue weighted by Crippen LogP contribution is 2.34. The van der Waals surface area contributed by atoms with Crippen molar-refractivity contribution in [3.05, 3.63) is 128 Å². The van der Waals surface area contributed by atoms with Crippen molar-refractivity contribution in [1.82, 2.24) is 0 Å². The van der Waals surface area contributed by atoms with E-state index in [9.17, 15) is 28.8 Å². The number of benzene rings is 5. The summed E-state index contributed by atoms with van der Waals surface area (Å²) in [6.07, 6.45) is 8.58. The van der Waals surface area contributed by atoms with E-state index in [2.05, 4.69) is 44.9 Å². The number of carbonyl (C=O) groups is 6. The number of unbranched alkanes of at least 4 members (excludes halogenated alkanes) is 6. The van der Waals surface area contributed by atoms with Gasteiger partial charge in [-0.05, 0) is 124 Å². The zero-order valence-electron chi connectivity index (χ0n) is 39.8. The zero-order chi connectivity index (χ0) is 52.2. The van der Waals surface area contributed by atoms with Gasteiger partial charge in [0.1, 0.15) is 34.4 Å². The topological polar surface area (TPSA) is 213 Å². The summed E-state index contributed by atoms with van der Waals surface area (Å²) in [6.45, 7) is 7.67. The van der Waals surface area contributed by atoms with Gasteiger partial charge in [0.05, 0.1) is 55.8 Å². The summed E-state index contributed by atoms with van der Waals surface area (Å²) in [5.74, 6) is -2.97. The summed E-state index contributed by atoms with van der Waals surface area (Å²) in [5, 5.41) is 20.6. The molecule has 72 heavy (non-hydrogen) atoms. The number of esters is 2. The number of nitrogens with zero attached hydrogens (tertiary/aromatic N) is 4. The Morgan fingerprint density at radius 1 is 0.472 bits per heavy atom. The highest BCUT2D eigenvalue weighted by Gasteiger charge is 2.27. The molecule has 0 aliphatic rings. The second-order valence-electron chi connectivity index (χ2n) is 16.1. The third-order valence-corrected chi connectivity index (χ3v) is 11.6. The van der Waals surface area contributed by atoms with Crippen molar-refractivity contribution in [3.63, 3.8) is 0 Å². The molecule has 2 atom stereocenters. The summed E-state index contributed by atoms with van der Waals surface area (Å²) in [5.41, 5.74) is -0.0903. The van der Waals surface area contributed by atoms with Gasteiger partial charge in [0.2, 0.25) is 12.1 Å². The third kappa shape index (κ3) is 17.3. The standard InChI is InChI=1S/C52H52Cl4N6O10/c1-5-7-9-11-25-69-35-15-19-37(20-16-35)71-51(67)33-13-23-39(53)45(27-33)59-61-47(31(3)63)49(65)57-43-29-42(56)44(30-41(43)55)58-50(66)48(32(4)64)62-60-46-28-34(14-24-40(46)54)52(68)72-38-21-17-36(18-22-38)70-26-12-10-8-6-2/h13-24,27-30,47-48H,5-12,25-26H2,1-4H3,(H,57,65)(H,58,66)/b61-59+,62-60+. The highest BCUT2D eigenvalue weighted by atomic mass is 35.5. The molecule has 0 bridgehead atoms. The second kappa shape index (κ2) is 28.4. The number of ketones is 2. The number of hydrogen-bond acceptors (Lipinski definition) is 14. The smallest absolute Gasteiger partial charge is 0.343 e. The second-order valence-corrected chi connectivity index (χ2v) is 17.7. The van der Waals surface area contributed by atoms with Crippen LogP contribution in [0.15, 0.2) is 118 Å². The average molecular weight is 1060 g/mol. The molecular weight excluding hydrogens is 1010 g/mol. The quantitative estimate of drug-likeness (QED) is 0.0176. The van der Waals surface area contributed by atoms with E-state index >= 15 is 0 Å². The average Bonchev–Trinajstić information content (AvgIpc) is 3.34. The third-order valence-electron chi connectivity index (χ3n) is 10.4. The fourth-order valence-electron chi connectivity index (χ4n) is 6.43. The minimum absolute atomic E-state index is 0.0325. The number of anilines is 2. The van der Waals surface area contributed by atoms with Crippen LogP contribution in [0, 0.1) is 0 Å². The Morgan fingerprint density at radius 2 is 0.833 bits per heavy atom. The highest BCUT2D eigenvalue weighted by molar-refractivity contribution is 6.38. The molecule has 0 aromatic heterocycles. The van der Waals surface area contributed by atoms with Crippen LogP contribution >= 0.6 is 46.4 Å². The first kappa shape index (κ1) is 56.2. The maximum atomic E-state index is 13.4. The van der Waals surface area contributed by atoms with Crippen molar-refractivity contribution >= 4 is 104 Å². The fraction of sp³-hybridized carbons (Fsp3) is 0.308. The molecule has 2 N–H and O–H groups in total. The van der Waals surface area contributed by atoms with Gasteiger partial charge in [-0.1, -0.05) is 98.8 Å². The number of Topliss-reactive ketones (excluding diaryl/α,β-unsaturated/α-hetero) is 2. The summed E-state index contributed by atoms with van der Waals surface area (Å²) < 4.78 is 22.5. The summed E-state index contributed by atoms with van der Waals surface area (Å²) >= 11 is 25.7. The van der Waals surface area contributed by atoms with Gasteiger partial charge in [-0.25, -0.2) is 9.59 Å². The van der Waals surface area contributed by atoms with Crippen LogP contribution in [-0.4, -0.2) is 60.6 Å². The Kier molecular flexibility index (Phi) is 22.1. The van der Waals surface area contributed by atoms with Crippen molar-refractivity contribution in [2.24, 2.45) is 20.5 Å². The lowest BCUT2D eigenvalue weighted by Gasteiger charge is -2.15. The van der Waals surface area contributed by atoms with Crippen molar-refractivity contribution < 1.29 is 47.7 Å². The first-order valence-electron chi connectivity index (χ1n) is 23.0. The minimum atomic E-state index is -1.71. The monoisotopic (exact) mass is 1060 g/mol. The molecule has 0 fully saturated rings. The summed E-state index contributed by atoms with van der Waals surface area (Å²) in [7, 11) is 0. The molecule has 378 valence electrons. The van der Waals surface area contributed by atoms with E-state index in [1.165, 1.54) is 48.5 Å². The number of halogens is 4. The molecular formula is C52H52Cl4N6O10. The molecule has 0 aliphatic heterocycles. The van der Waals surface area contributed by atoms with E-state index in [1.807, 2.05) is 0 Å². The number of ether oxygens (including phenoxy) is 4. The summed E-state index contributed by atoms with van der Waals surface area (Å²) in [6, 6.07) is 20.4. The maximum Gasteiger partial charge on any atom is 0.343 e. The molecule has 2 amide bonds. The van der Waals surface area contributed by atoms with Crippen LogP contribution in [0.25, 0.3) is 0 Å². The van der Waals surface area contributed by atoms with Gasteiger partial charge in [-0.15, -0.1) is 0 Å². The van der Waals surface area contributed by atoms with Gasteiger partial charge in [0.25, 0.3) is 11.8 Å². The molecule has 16 nitrogen and oxygen atoms in total. The Bertz CT molecular complexity index is 2600. The lowest BCUT2D eigenvalue weighted by Crippen LogP contribution is -2.32. The summed E-state index contributed by atoms with van der Waals surface area (Å²) in [4.78, 5) is 78.1. The first-order valence-corrected chi connectivity index (χ1v) is 24.5. The lowest BCUT2D eigenvalue weighted by atomic mass is 10.2. The Balaban J connectivity index is 1.19. The molecule has 5 aromatic carbocycles. The van der Waals surface area contributed by atoms with Crippen LogP contribution in [0.5, 0.6) is 23.0 Å². The largest absolute Gasteiger partial charge is 0.494 e. The molecule has 2 unspecified atom stereocenters. The van der Waals surface area contributed by atoms with Gasteiger partial charge < -0.3 is 29.6 Å². The van der Waals surface area contributed by atoms with E-state index < -0.39 is 47.4 Å². The van der Waals surface area contributed by atoms with E-state index in [0.29, 0.717) is 24.7 Å². The number of amides is 2. The molecule has 0 radical (unpaired) electrons. The van der Waals surface area contributed by atoms with Crippen molar-refractivity contribution in [2.45, 2.75) is 91.1 Å². The minimum Gasteiger partial charge on any atom is -0.494 e. The Morgan fingerprint density at radius 3 is 1.18 bits per heavy atom. The number of nitrogens with one attached hydrogen (secondary N) is 2. The lowest BCUT2D eigenvalue weighted by molar-refractivity contribution is -0.127. The molecule has 0 saturated carbocycles. The predicted molar refractivity (Wildman–Crippen MR) is 277 cm³/mol. The fourth-order valence-corrected chi connectivity index (χ4v) is 7.16.